The Morgan fingerprint density at radius 2 is 2.14 bits per heavy atom. The van der Waals surface area contributed by atoms with Crippen LogP contribution in [0.2, 0.25) is 0 Å². The molecule has 0 fully saturated rings. The second-order valence-electron chi connectivity index (χ2n) is 5.91. The van der Waals surface area contributed by atoms with E-state index in [0.717, 1.165) is 24.0 Å². The molecule has 0 amide bonds. The van der Waals surface area contributed by atoms with E-state index in [-0.39, 0.29) is 0 Å². The Labute approximate surface area is 137 Å². The Bertz CT molecular complexity index is 651. The Kier molecular flexibility index (Phi) is 4.89. The van der Waals surface area contributed by atoms with Crippen LogP contribution in [0.15, 0.2) is 29.4 Å². The highest BCUT2D eigenvalue weighted by Gasteiger charge is 2.23. The van der Waals surface area contributed by atoms with Crippen molar-refractivity contribution in [2.24, 2.45) is 0 Å². The van der Waals surface area contributed by atoms with Gasteiger partial charge in [0, 0.05) is 24.6 Å². The molecule has 0 bridgehead atoms. The smallest absolute Gasteiger partial charge is 0.169 e. The lowest BCUT2D eigenvalue weighted by molar-refractivity contribution is 0.184. The lowest BCUT2D eigenvalue weighted by Gasteiger charge is -2.25. The van der Waals surface area contributed by atoms with Gasteiger partial charge in [-0.05, 0) is 44.2 Å². The monoisotopic (exact) mass is 316 g/mol. The summed E-state index contributed by atoms with van der Waals surface area (Å²) in [6.45, 7) is 5.85. The van der Waals surface area contributed by atoms with Crippen molar-refractivity contribution in [1.82, 2.24) is 9.55 Å². The lowest BCUT2D eigenvalue weighted by atomic mass is 9.91. The van der Waals surface area contributed by atoms with E-state index in [1.807, 2.05) is 11.8 Å². The molecule has 1 unspecified atom stereocenters. The molecule has 0 N–H and O–H groups in total. The molecule has 3 rings (SSSR count). The highest BCUT2D eigenvalue weighted by Crippen LogP contribution is 2.43. The van der Waals surface area contributed by atoms with Crippen molar-refractivity contribution in [3.05, 3.63) is 46.8 Å². The average molecular weight is 316 g/mol. The predicted molar refractivity (Wildman–Crippen MR) is 91.6 cm³/mol. The van der Waals surface area contributed by atoms with E-state index in [2.05, 4.69) is 42.7 Å². The van der Waals surface area contributed by atoms with Crippen LogP contribution in [-0.4, -0.2) is 23.3 Å². The van der Waals surface area contributed by atoms with Crippen LogP contribution in [0.4, 0.5) is 0 Å². The summed E-state index contributed by atoms with van der Waals surface area (Å²) in [5, 5.41) is 1.65. The molecule has 4 heteroatoms. The van der Waals surface area contributed by atoms with Crippen molar-refractivity contribution in [3.8, 4) is 0 Å². The van der Waals surface area contributed by atoms with Gasteiger partial charge in [0.1, 0.15) is 0 Å². The highest BCUT2D eigenvalue weighted by molar-refractivity contribution is 7.99. The van der Waals surface area contributed by atoms with Gasteiger partial charge < -0.3 is 9.30 Å². The van der Waals surface area contributed by atoms with Gasteiger partial charge in [0.05, 0.1) is 12.3 Å². The Hall–Kier alpha value is -1.26. The normalized spacial score (nSPS) is 17.5. The van der Waals surface area contributed by atoms with Gasteiger partial charge in [0.15, 0.2) is 5.16 Å². The molecule has 2 aromatic rings. The lowest BCUT2D eigenvalue weighted by Crippen LogP contribution is -2.10. The molecule has 3 nitrogen and oxygen atoms in total. The standard InChI is InChI=1S/C18H24N2OS/c1-13-14(2)20(11-12-21-3)18(19-13)22-17-10-6-8-15-7-4-5-9-16(15)17/h4-5,7,9,17H,6,8,10-12H2,1-3H3. The molecule has 1 atom stereocenters. The summed E-state index contributed by atoms with van der Waals surface area (Å²) in [5.41, 5.74) is 5.39. The van der Waals surface area contributed by atoms with Gasteiger partial charge in [0.25, 0.3) is 0 Å². The molecular weight excluding hydrogens is 292 g/mol. The van der Waals surface area contributed by atoms with Gasteiger partial charge >= 0.3 is 0 Å². The summed E-state index contributed by atoms with van der Waals surface area (Å²) in [6, 6.07) is 8.87. The number of thioether (sulfide) groups is 1. The van der Waals surface area contributed by atoms with Crippen LogP contribution < -0.4 is 0 Å². The number of methoxy groups -OCH3 is 1. The summed E-state index contributed by atoms with van der Waals surface area (Å²) in [6.07, 6.45) is 3.71. The first-order chi connectivity index (χ1) is 10.7. The first-order valence-corrected chi connectivity index (χ1v) is 8.85. The minimum atomic E-state index is 0.521. The van der Waals surface area contributed by atoms with E-state index < -0.39 is 0 Å². The molecule has 1 aliphatic carbocycles. The summed E-state index contributed by atoms with van der Waals surface area (Å²) >= 11 is 1.92. The number of fused-ring (bicyclic) bond motifs is 1. The van der Waals surface area contributed by atoms with Crippen molar-refractivity contribution in [2.75, 3.05) is 13.7 Å². The van der Waals surface area contributed by atoms with Crippen LogP contribution in [0.1, 0.15) is 40.6 Å². The fraction of sp³-hybridized carbons (Fsp3) is 0.500. The van der Waals surface area contributed by atoms with Gasteiger partial charge in [-0.15, -0.1) is 0 Å². The van der Waals surface area contributed by atoms with E-state index in [0.29, 0.717) is 5.25 Å². The largest absolute Gasteiger partial charge is 0.383 e. The molecule has 1 aromatic heterocycles. The zero-order chi connectivity index (χ0) is 15.5. The van der Waals surface area contributed by atoms with Gasteiger partial charge in [-0.1, -0.05) is 36.0 Å². The van der Waals surface area contributed by atoms with Crippen molar-refractivity contribution < 1.29 is 4.74 Å². The van der Waals surface area contributed by atoms with E-state index >= 15 is 0 Å². The zero-order valence-electron chi connectivity index (χ0n) is 13.6. The number of nitrogens with zero attached hydrogens (tertiary/aromatic N) is 2. The summed E-state index contributed by atoms with van der Waals surface area (Å²) in [4.78, 5) is 4.80. The highest BCUT2D eigenvalue weighted by atomic mass is 32.2. The molecule has 0 saturated carbocycles. The number of aromatic nitrogens is 2. The number of hydrogen-bond acceptors (Lipinski definition) is 3. The van der Waals surface area contributed by atoms with Gasteiger partial charge in [-0.2, -0.15) is 0 Å². The molecule has 22 heavy (non-hydrogen) atoms. The fourth-order valence-corrected chi connectivity index (χ4v) is 4.56. The third kappa shape index (κ3) is 3.08. The Morgan fingerprint density at radius 1 is 1.32 bits per heavy atom. The minimum absolute atomic E-state index is 0.521. The SMILES string of the molecule is COCCn1c(SC2CCCc3ccccc32)nc(C)c1C. The maximum Gasteiger partial charge on any atom is 0.169 e. The second kappa shape index (κ2) is 6.88. The summed E-state index contributed by atoms with van der Waals surface area (Å²) < 4.78 is 7.56. The van der Waals surface area contributed by atoms with Gasteiger partial charge in [0.2, 0.25) is 0 Å². The van der Waals surface area contributed by atoms with Crippen molar-refractivity contribution in [1.29, 1.82) is 0 Å². The second-order valence-corrected chi connectivity index (χ2v) is 7.08. The number of imidazole rings is 1. The number of ether oxygens (including phenoxy) is 1. The Balaban J connectivity index is 1.86. The van der Waals surface area contributed by atoms with E-state index in [1.165, 1.54) is 36.1 Å². The molecule has 0 spiro atoms. The van der Waals surface area contributed by atoms with Crippen LogP contribution >= 0.6 is 11.8 Å². The molecule has 1 heterocycles. The minimum Gasteiger partial charge on any atom is -0.383 e. The number of rotatable bonds is 5. The van der Waals surface area contributed by atoms with Crippen LogP contribution in [0.25, 0.3) is 0 Å². The predicted octanol–water partition coefficient (Wildman–Crippen LogP) is 4.32. The summed E-state index contributed by atoms with van der Waals surface area (Å²) in [5.74, 6) is 0. The van der Waals surface area contributed by atoms with Crippen LogP contribution in [0.5, 0.6) is 0 Å². The van der Waals surface area contributed by atoms with Crippen LogP contribution in [0, 0.1) is 13.8 Å². The summed E-state index contributed by atoms with van der Waals surface area (Å²) in [7, 11) is 1.75. The number of benzene rings is 1. The molecule has 0 saturated heterocycles. The maximum atomic E-state index is 5.25. The molecule has 1 aromatic carbocycles. The third-order valence-electron chi connectivity index (χ3n) is 4.50. The fourth-order valence-electron chi connectivity index (χ4n) is 3.12. The van der Waals surface area contributed by atoms with E-state index in [9.17, 15) is 0 Å². The maximum absolute atomic E-state index is 5.25. The number of aryl methyl sites for hydroxylation is 2. The average Bonchev–Trinajstić information content (AvgIpc) is 2.80. The van der Waals surface area contributed by atoms with Gasteiger partial charge in [-0.25, -0.2) is 4.98 Å². The molecule has 0 aliphatic heterocycles. The Morgan fingerprint density at radius 3 is 2.95 bits per heavy atom. The van der Waals surface area contributed by atoms with Crippen molar-refractivity contribution in [3.63, 3.8) is 0 Å². The third-order valence-corrected chi connectivity index (χ3v) is 5.80. The first kappa shape index (κ1) is 15.6. The van der Waals surface area contributed by atoms with E-state index in [4.69, 9.17) is 9.72 Å². The molecule has 118 valence electrons. The van der Waals surface area contributed by atoms with Gasteiger partial charge in [-0.3, -0.25) is 0 Å². The number of hydrogen-bond donors (Lipinski definition) is 0. The van der Waals surface area contributed by atoms with Crippen molar-refractivity contribution >= 4 is 11.8 Å². The van der Waals surface area contributed by atoms with Crippen molar-refractivity contribution in [2.45, 2.75) is 50.1 Å². The molecular formula is C18H24N2OS. The molecule has 0 radical (unpaired) electrons. The first-order valence-electron chi connectivity index (χ1n) is 7.98. The topological polar surface area (TPSA) is 27.1 Å². The van der Waals surface area contributed by atoms with E-state index in [1.54, 1.807) is 7.11 Å². The van der Waals surface area contributed by atoms with Crippen LogP contribution in [-0.2, 0) is 17.7 Å². The zero-order valence-corrected chi connectivity index (χ0v) is 14.4. The quantitative estimate of drug-likeness (QED) is 0.822. The molecule has 1 aliphatic rings. The van der Waals surface area contributed by atoms with Crippen LogP contribution in [0.3, 0.4) is 0 Å².